The van der Waals surface area contributed by atoms with Crippen molar-refractivity contribution < 1.29 is 30.7 Å². The molecule has 0 aromatic heterocycles. The van der Waals surface area contributed by atoms with E-state index in [9.17, 15) is 30.7 Å². The molecule has 0 bridgehead atoms. The van der Waals surface area contributed by atoms with Gasteiger partial charge in [-0.3, -0.25) is 0 Å². The van der Waals surface area contributed by atoms with Crippen LogP contribution in [-0.2, 0) is 0 Å². The summed E-state index contributed by atoms with van der Waals surface area (Å²) in [5.41, 5.74) is -1.01. The molecule has 0 saturated carbocycles. The second-order valence-electron chi connectivity index (χ2n) is 4.40. The van der Waals surface area contributed by atoms with E-state index in [0.717, 1.165) is 0 Å². The Morgan fingerprint density at radius 2 is 1.55 bits per heavy atom. The molecule has 0 heterocycles. The number of hydrogen-bond acceptors (Lipinski definition) is 1. The van der Waals surface area contributed by atoms with Crippen LogP contribution in [0.15, 0.2) is 6.07 Å². The first-order chi connectivity index (χ1) is 9.11. The van der Waals surface area contributed by atoms with Gasteiger partial charge in [-0.1, -0.05) is 0 Å². The molecule has 1 aromatic carbocycles. The Kier molecular flexibility index (Phi) is 5.24. The second kappa shape index (κ2) is 6.32. The summed E-state index contributed by atoms with van der Waals surface area (Å²) in [6, 6.07) is -0.716. The summed E-state index contributed by atoms with van der Waals surface area (Å²) in [6.07, 6.45) is -5.68. The minimum Gasteiger partial charge on any atom is -0.378 e. The number of halogens is 7. The lowest BCUT2D eigenvalue weighted by Gasteiger charge is -2.17. The van der Waals surface area contributed by atoms with Gasteiger partial charge in [-0.25, -0.2) is 17.6 Å². The van der Waals surface area contributed by atoms with Gasteiger partial charge in [0.2, 0.25) is 0 Å². The van der Waals surface area contributed by atoms with Gasteiger partial charge in [0.25, 0.3) is 0 Å². The van der Waals surface area contributed by atoms with E-state index in [4.69, 9.17) is 0 Å². The summed E-state index contributed by atoms with van der Waals surface area (Å²) in [7, 11) is 0. The van der Waals surface area contributed by atoms with Crippen LogP contribution >= 0.6 is 0 Å². The summed E-state index contributed by atoms with van der Waals surface area (Å²) >= 11 is 0. The SMILES string of the molecule is CC(CCCC(F)(F)F)Nc1c(F)c(F)cc(F)c1F. The number of benzene rings is 1. The van der Waals surface area contributed by atoms with Crippen LogP contribution in [0.3, 0.4) is 0 Å². The molecular weight excluding hydrogens is 291 g/mol. The highest BCUT2D eigenvalue weighted by Crippen LogP contribution is 2.26. The van der Waals surface area contributed by atoms with Crippen LogP contribution in [0.4, 0.5) is 36.4 Å². The molecule has 0 spiro atoms. The van der Waals surface area contributed by atoms with Gasteiger partial charge in [0.05, 0.1) is 0 Å². The molecule has 8 heteroatoms. The number of rotatable bonds is 5. The molecule has 0 fully saturated rings. The molecule has 0 radical (unpaired) electrons. The van der Waals surface area contributed by atoms with Gasteiger partial charge in [0.1, 0.15) is 5.69 Å². The van der Waals surface area contributed by atoms with Crippen LogP contribution < -0.4 is 5.32 Å². The zero-order valence-corrected chi connectivity index (χ0v) is 10.4. The zero-order chi connectivity index (χ0) is 15.5. The fraction of sp³-hybridized carbons (Fsp3) is 0.500. The highest BCUT2D eigenvalue weighted by Gasteiger charge is 2.26. The van der Waals surface area contributed by atoms with Crippen molar-refractivity contribution in [1.29, 1.82) is 0 Å². The molecule has 1 atom stereocenters. The molecule has 1 unspecified atom stereocenters. The lowest BCUT2D eigenvalue weighted by molar-refractivity contribution is -0.135. The van der Waals surface area contributed by atoms with E-state index in [2.05, 4.69) is 5.32 Å². The maximum atomic E-state index is 13.3. The molecular formula is C12H12F7N. The standard InChI is InChI=1S/C12H12F7N/c1-6(3-2-4-12(17,18)19)20-11-9(15)7(13)5-8(14)10(11)16/h5-6,20H,2-4H2,1H3. The van der Waals surface area contributed by atoms with Gasteiger partial charge < -0.3 is 5.32 Å². The van der Waals surface area contributed by atoms with E-state index < -0.39 is 47.6 Å². The summed E-state index contributed by atoms with van der Waals surface area (Å²) in [4.78, 5) is 0. The van der Waals surface area contributed by atoms with Crippen molar-refractivity contribution >= 4 is 5.69 Å². The van der Waals surface area contributed by atoms with Gasteiger partial charge in [-0.15, -0.1) is 0 Å². The Bertz CT molecular complexity index is 444. The van der Waals surface area contributed by atoms with Crippen molar-refractivity contribution in [3.63, 3.8) is 0 Å². The molecule has 114 valence electrons. The number of hydrogen-bond donors (Lipinski definition) is 1. The van der Waals surface area contributed by atoms with E-state index in [-0.39, 0.29) is 18.9 Å². The largest absolute Gasteiger partial charge is 0.389 e. The Morgan fingerprint density at radius 1 is 1.05 bits per heavy atom. The molecule has 1 N–H and O–H groups in total. The van der Waals surface area contributed by atoms with Crippen LogP contribution in [0.2, 0.25) is 0 Å². The van der Waals surface area contributed by atoms with E-state index >= 15 is 0 Å². The van der Waals surface area contributed by atoms with Crippen LogP contribution in [0.1, 0.15) is 26.2 Å². The van der Waals surface area contributed by atoms with E-state index in [1.807, 2.05) is 0 Å². The molecule has 1 nitrogen and oxygen atoms in total. The molecule has 20 heavy (non-hydrogen) atoms. The Morgan fingerprint density at radius 3 is 2.00 bits per heavy atom. The van der Waals surface area contributed by atoms with Gasteiger partial charge >= 0.3 is 6.18 Å². The third kappa shape index (κ3) is 4.57. The maximum Gasteiger partial charge on any atom is 0.389 e. The van der Waals surface area contributed by atoms with Crippen molar-refractivity contribution in [2.75, 3.05) is 5.32 Å². The summed E-state index contributed by atoms with van der Waals surface area (Å²) in [5, 5.41) is 2.15. The Hall–Kier alpha value is -1.47. The average molecular weight is 303 g/mol. The quantitative estimate of drug-likeness (QED) is 0.610. The molecule has 0 saturated heterocycles. The van der Waals surface area contributed by atoms with Gasteiger partial charge in [-0.2, -0.15) is 13.2 Å². The third-order valence-electron chi connectivity index (χ3n) is 2.60. The normalized spacial score (nSPS) is 13.4. The van der Waals surface area contributed by atoms with Gasteiger partial charge in [0.15, 0.2) is 23.3 Å². The number of anilines is 1. The predicted octanol–water partition coefficient (Wildman–Crippen LogP) is 4.78. The fourth-order valence-electron chi connectivity index (χ4n) is 1.63. The maximum absolute atomic E-state index is 13.3. The second-order valence-corrected chi connectivity index (χ2v) is 4.40. The van der Waals surface area contributed by atoms with Crippen molar-refractivity contribution in [3.05, 3.63) is 29.3 Å². The summed E-state index contributed by atoms with van der Waals surface area (Å²) in [5.74, 6) is -6.36. The first-order valence-electron chi connectivity index (χ1n) is 5.78. The highest BCUT2D eigenvalue weighted by molar-refractivity contribution is 5.47. The third-order valence-corrected chi connectivity index (χ3v) is 2.60. The van der Waals surface area contributed by atoms with Crippen LogP contribution in [-0.4, -0.2) is 12.2 Å². The topological polar surface area (TPSA) is 12.0 Å². The minimum atomic E-state index is -4.32. The lowest BCUT2D eigenvalue weighted by Crippen LogP contribution is -2.19. The van der Waals surface area contributed by atoms with Crippen molar-refractivity contribution in [1.82, 2.24) is 0 Å². The Labute approximate surface area is 110 Å². The zero-order valence-electron chi connectivity index (χ0n) is 10.4. The summed E-state index contributed by atoms with van der Waals surface area (Å²) < 4.78 is 88.2. The Balaban J connectivity index is 2.69. The van der Waals surface area contributed by atoms with Crippen LogP contribution in [0.5, 0.6) is 0 Å². The molecule has 0 aliphatic heterocycles. The monoisotopic (exact) mass is 303 g/mol. The number of nitrogens with one attached hydrogen (secondary N) is 1. The number of alkyl halides is 3. The predicted molar refractivity (Wildman–Crippen MR) is 59.3 cm³/mol. The fourth-order valence-corrected chi connectivity index (χ4v) is 1.63. The molecule has 1 rings (SSSR count). The van der Waals surface area contributed by atoms with Gasteiger partial charge in [-0.05, 0) is 19.8 Å². The molecule has 1 aromatic rings. The molecule has 0 aliphatic rings. The van der Waals surface area contributed by atoms with Crippen molar-refractivity contribution in [2.45, 2.75) is 38.4 Å². The lowest BCUT2D eigenvalue weighted by atomic mass is 10.1. The molecule has 0 aliphatic carbocycles. The molecule has 0 amide bonds. The first-order valence-corrected chi connectivity index (χ1v) is 5.78. The van der Waals surface area contributed by atoms with Crippen LogP contribution in [0, 0.1) is 23.3 Å². The highest BCUT2D eigenvalue weighted by atomic mass is 19.4. The average Bonchev–Trinajstić information content (AvgIpc) is 2.30. The first kappa shape index (κ1) is 16.6. The van der Waals surface area contributed by atoms with E-state index in [0.29, 0.717) is 0 Å². The van der Waals surface area contributed by atoms with E-state index in [1.165, 1.54) is 6.92 Å². The summed E-state index contributed by atoms with van der Waals surface area (Å²) in [6.45, 7) is 1.36. The van der Waals surface area contributed by atoms with Crippen LogP contribution in [0.25, 0.3) is 0 Å². The van der Waals surface area contributed by atoms with Crippen molar-refractivity contribution in [3.8, 4) is 0 Å². The van der Waals surface area contributed by atoms with E-state index in [1.54, 1.807) is 0 Å². The smallest absolute Gasteiger partial charge is 0.378 e. The minimum absolute atomic E-state index is 0.0590. The van der Waals surface area contributed by atoms with Gasteiger partial charge in [0, 0.05) is 18.5 Å². The van der Waals surface area contributed by atoms with Crippen molar-refractivity contribution in [2.24, 2.45) is 0 Å².